The molecule has 0 saturated carbocycles. The van der Waals surface area contributed by atoms with Gasteiger partial charge in [0.05, 0.1) is 25.7 Å². The van der Waals surface area contributed by atoms with Crippen molar-refractivity contribution >= 4 is 18.3 Å². The molecule has 1 aliphatic heterocycles. The minimum atomic E-state index is -0.0126. The summed E-state index contributed by atoms with van der Waals surface area (Å²) >= 11 is 0. The summed E-state index contributed by atoms with van der Waals surface area (Å²) in [6, 6.07) is 7.86. The second kappa shape index (κ2) is 9.60. The van der Waals surface area contributed by atoms with Crippen molar-refractivity contribution in [3.8, 4) is 5.75 Å². The average Bonchev–Trinajstić information content (AvgIpc) is 2.45. The number of halogens is 1. The molecular formula is C15H23ClN2O3. The highest BCUT2D eigenvalue weighted by Crippen LogP contribution is 2.11. The van der Waals surface area contributed by atoms with Gasteiger partial charge >= 0.3 is 0 Å². The van der Waals surface area contributed by atoms with Crippen molar-refractivity contribution in [2.75, 3.05) is 32.8 Å². The second-order valence-corrected chi connectivity index (χ2v) is 4.92. The molecule has 1 aromatic rings. The first-order chi connectivity index (χ1) is 9.74. The molecule has 0 aromatic heterocycles. The van der Waals surface area contributed by atoms with E-state index in [4.69, 9.17) is 9.47 Å². The van der Waals surface area contributed by atoms with E-state index >= 15 is 0 Å². The zero-order valence-corrected chi connectivity index (χ0v) is 13.1. The van der Waals surface area contributed by atoms with Gasteiger partial charge in [0.15, 0.2) is 0 Å². The molecule has 1 amide bonds. The van der Waals surface area contributed by atoms with Crippen LogP contribution in [0.3, 0.4) is 0 Å². The van der Waals surface area contributed by atoms with Crippen molar-refractivity contribution in [1.29, 1.82) is 0 Å². The van der Waals surface area contributed by atoms with Crippen molar-refractivity contribution in [1.82, 2.24) is 10.6 Å². The lowest BCUT2D eigenvalue weighted by atomic mass is 10.2. The summed E-state index contributed by atoms with van der Waals surface area (Å²) in [5.41, 5.74) is 1.16. The highest BCUT2D eigenvalue weighted by atomic mass is 35.5. The van der Waals surface area contributed by atoms with E-state index in [-0.39, 0.29) is 24.4 Å². The zero-order valence-electron chi connectivity index (χ0n) is 12.3. The smallest absolute Gasteiger partial charge is 0.222 e. The van der Waals surface area contributed by atoms with Gasteiger partial charge in [-0.25, -0.2) is 0 Å². The summed E-state index contributed by atoms with van der Waals surface area (Å²) in [6.45, 7) is 5.28. The normalized spacial score (nSPS) is 17.7. The monoisotopic (exact) mass is 314 g/mol. The molecule has 1 aromatic carbocycles. The van der Waals surface area contributed by atoms with Crippen LogP contribution in [0.15, 0.2) is 24.3 Å². The third kappa shape index (κ3) is 6.80. The molecule has 5 nitrogen and oxygen atoms in total. The largest absolute Gasteiger partial charge is 0.492 e. The molecule has 118 valence electrons. The van der Waals surface area contributed by atoms with Crippen LogP contribution in [0.25, 0.3) is 0 Å². The molecule has 2 N–H and O–H groups in total. The first kappa shape index (κ1) is 17.8. The molecule has 1 fully saturated rings. The Labute approximate surface area is 131 Å². The number of aryl methyl sites for hydroxylation is 1. The van der Waals surface area contributed by atoms with Crippen molar-refractivity contribution < 1.29 is 14.3 Å². The van der Waals surface area contributed by atoms with Gasteiger partial charge in [0, 0.05) is 13.1 Å². The molecule has 0 spiro atoms. The summed E-state index contributed by atoms with van der Waals surface area (Å²) in [4.78, 5) is 11.7. The standard InChI is InChI=1S/C15H22N2O3.ClH/c1-12-3-2-4-13(9-12)19-8-6-17-15(18)10-14-11-16-5-7-20-14;/h2-4,9,14,16H,5-8,10-11H2,1H3,(H,17,18);1H. The number of nitrogens with one attached hydrogen (secondary N) is 2. The van der Waals surface area contributed by atoms with Crippen LogP contribution in [0.4, 0.5) is 0 Å². The number of benzene rings is 1. The lowest BCUT2D eigenvalue weighted by Gasteiger charge is -2.23. The van der Waals surface area contributed by atoms with Crippen LogP contribution in [-0.4, -0.2) is 44.9 Å². The van der Waals surface area contributed by atoms with Crippen LogP contribution in [0.1, 0.15) is 12.0 Å². The summed E-state index contributed by atoms with van der Waals surface area (Å²) in [6.07, 6.45) is 0.388. The van der Waals surface area contributed by atoms with E-state index in [0.717, 1.165) is 24.4 Å². The highest BCUT2D eigenvalue weighted by Gasteiger charge is 2.16. The fourth-order valence-electron chi connectivity index (χ4n) is 2.09. The first-order valence-corrected chi connectivity index (χ1v) is 7.02. The van der Waals surface area contributed by atoms with Crippen LogP contribution in [-0.2, 0) is 9.53 Å². The van der Waals surface area contributed by atoms with E-state index in [2.05, 4.69) is 10.6 Å². The molecule has 6 heteroatoms. The van der Waals surface area contributed by atoms with Crippen LogP contribution in [0.5, 0.6) is 5.75 Å². The average molecular weight is 315 g/mol. The predicted molar refractivity (Wildman–Crippen MR) is 84.2 cm³/mol. The predicted octanol–water partition coefficient (Wildman–Crippen LogP) is 1.29. The van der Waals surface area contributed by atoms with E-state index in [0.29, 0.717) is 26.2 Å². The lowest BCUT2D eigenvalue weighted by Crippen LogP contribution is -2.41. The van der Waals surface area contributed by atoms with E-state index in [1.807, 2.05) is 31.2 Å². The second-order valence-electron chi connectivity index (χ2n) is 4.92. The van der Waals surface area contributed by atoms with E-state index < -0.39 is 0 Å². The Hall–Kier alpha value is -1.30. The van der Waals surface area contributed by atoms with Gasteiger partial charge in [0.25, 0.3) is 0 Å². The SMILES string of the molecule is Cc1cccc(OCCNC(=O)CC2CNCCO2)c1.Cl. The third-order valence-corrected chi connectivity index (χ3v) is 3.10. The molecule has 1 saturated heterocycles. The topological polar surface area (TPSA) is 59.6 Å². The summed E-state index contributed by atoms with van der Waals surface area (Å²) in [5, 5.41) is 6.05. The molecule has 1 heterocycles. The zero-order chi connectivity index (χ0) is 14.2. The van der Waals surface area contributed by atoms with Gasteiger partial charge in [-0.2, -0.15) is 0 Å². The minimum absolute atomic E-state index is 0. The Balaban J connectivity index is 0.00000220. The van der Waals surface area contributed by atoms with Crippen molar-refractivity contribution in [2.24, 2.45) is 0 Å². The summed E-state index contributed by atoms with van der Waals surface area (Å²) in [5.74, 6) is 0.839. The van der Waals surface area contributed by atoms with Crippen molar-refractivity contribution in [3.63, 3.8) is 0 Å². The molecule has 0 bridgehead atoms. The van der Waals surface area contributed by atoms with E-state index in [1.54, 1.807) is 0 Å². The molecular weight excluding hydrogens is 292 g/mol. The number of morpholine rings is 1. The van der Waals surface area contributed by atoms with Gasteiger partial charge in [-0.15, -0.1) is 12.4 Å². The third-order valence-electron chi connectivity index (χ3n) is 3.10. The van der Waals surface area contributed by atoms with Gasteiger partial charge in [-0.05, 0) is 24.6 Å². The van der Waals surface area contributed by atoms with Gasteiger partial charge < -0.3 is 20.1 Å². The number of carbonyl (C=O) groups excluding carboxylic acids is 1. The maximum atomic E-state index is 11.7. The van der Waals surface area contributed by atoms with Crippen molar-refractivity contribution in [2.45, 2.75) is 19.4 Å². The lowest BCUT2D eigenvalue weighted by molar-refractivity contribution is -0.124. The molecule has 0 radical (unpaired) electrons. The Morgan fingerprint density at radius 3 is 3.10 bits per heavy atom. The number of hydrogen-bond donors (Lipinski definition) is 2. The number of amides is 1. The molecule has 1 atom stereocenters. The molecule has 0 aliphatic carbocycles. The molecule has 1 unspecified atom stereocenters. The van der Waals surface area contributed by atoms with E-state index in [9.17, 15) is 4.79 Å². The van der Waals surface area contributed by atoms with Gasteiger partial charge in [-0.1, -0.05) is 12.1 Å². The fourth-order valence-corrected chi connectivity index (χ4v) is 2.09. The van der Waals surface area contributed by atoms with Gasteiger partial charge in [-0.3, -0.25) is 4.79 Å². The number of rotatable bonds is 6. The van der Waals surface area contributed by atoms with Crippen LogP contribution in [0.2, 0.25) is 0 Å². The van der Waals surface area contributed by atoms with Gasteiger partial charge in [0.1, 0.15) is 12.4 Å². The summed E-state index contributed by atoms with van der Waals surface area (Å²) in [7, 11) is 0. The van der Waals surface area contributed by atoms with Crippen LogP contribution < -0.4 is 15.4 Å². The van der Waals surface area contributed by atoms with Crippen LogP contribution in [0, 0.1) is 6.92 Å². The highest BCUT2D eigenvalue weighted by molar-refractivity contribution is 5.85. The Kier molecular flexibility index (Phi) is 8.12. The number of carbonyl (C=O) groups is 1. The Morgan fingerprint density at radius 2 is 2.38 bits per heavy atom. The Bertz CT molecular complexity index is 437. The number of ether oxygens (including phenoxy) is 2. The van der Waals surface area contributed by atoms with Crippen LogP contribution >= 0.6 is 12.4 Å². The Morgan fingerprint density at radius 1 is 1.52 bits per heavy atom. The van der Waals surface area contributed by atoms with Crippen molar-refractivity contribution in [3.05, 3.63) is 29.8 Å². The fraction of sp³-hybridized carbons (Fsp3) is 0.533. The summed E-state index contributed by atoms with van der Waals surface area (Å²) < 4.78 is 11.1. The minimum Gasteiger partial charge on any atom is -0.492 e. The maximum absolute atomic E-state index is 11.7. The molecule has 2 rings (SSSR count). The quantitative estimate of drug-likeness (QED) is 0.777. The maximum Gasteiger partial charge on any atom is 0.222 e. The molecule has 1 aliphatic rings. The number of hydrogen-bond acceptors (Lipinski definition) is 4. The van der Waals surface area contributed by atoms with E-state index in [1.165, 1.54) is 0 Å². The van der Waals surface area contributed by atoms with Gasteiger partial charge in [0.2, 0.25) is 5.91 Å². The molecule has 21 heavy (non-hydrogen) atoms. The first-order valence-electron chi connectivity index (χ1n) is 7.02.